The molecule has 0 radical (unpaired) electrons. The second kappa shape index (κ2) is 6.76. The van der Waals surface area contributed by atoms with E-state index in [0.29, 0.717) is 23.6 Å². The lowest BCUT2D eigenvalue weighted by Gasteiger charge is -2.23. The fourth-order valence-electron chi connectivity index (χ4n) is 2.69. The average molecular weight is 325 g/mol. The molecule has 122 valence electrons. The van der Waals surface area contributed by atoms with E-state index in [-0.39, 0.29) is 10.8 Å². The van der Waals surface area contributed by atoms with Crippen molar-refractivity contribution >= 4 is 15.9 Å². The Morgan fingerprint density at radius 3 is 2.73 bits per heavy atom. The number of hydrogen-bond acceptors (Lipinski definition) is 4. The van der Waals surface area contributed by atoms with Gasteiger partial charge in [-0.05, 0) is 69.0 Å². The van der Waals surface area contributed by atoms with Crippen LogP contribution in [0.25, 0.3) is 0 Å². The van der Waals surface area contributed by atoms with Crippen LogP contribution in [0.2, 0.25) is 0 Å². The molecule has 0 aliphatic carbocycles. The third kappa shape index (κ3) is 4.06. The number of aryl methyl sites for hydroxylation is 1. The van der Waals surface area contributed by atoms with Crippen LogP contribution in [0.3, 0.4) is 0 Å². The summed E-state index contributed by atoms with van der Waals surface area (Å²) < 4.78 is 23.2. The van der Waals surface area contributed by atoms with E-state index < -0.39 is 10.0 Å². The van der Waals surface area contributed by atoms with Crippen LogP contribution < -0.4 is 15.8 Å². The first-order chi connectivity index (χ1) is 10.3. The topological polar surface area (TPSA) is 101 Å². The van der Waals surface area contributed by atoms with E-state index in [1.807, 2.05) is 0 Å². The van der Waals surface area contributed by atoms with Gasteiger partial charge in [-0.2, -0.15) is 0 Å². The number of benzene rings is 1. The third-order valence-electron chi connectivity index (χ3n) is 4.14. The Hall–Kier alpha value is -1.44. The highest BCUT2D eigenvalue weighted by Gasteiger charge is 2.19. The minimum Gasteiger partial charge on any atom is -0.352 e. The number of amides is 1. The Labute approximate surface area is 131 Å². The Balaban J connectivity index is 2.14. The molecule has 1 amide bonds. The Kier molecular flexibility index (Phi) is 5.20. The number of primary sulfonamides is 1. The Bertz CT molecular complexity index is 665. The molecule has 1 aromatic carbocycles. The van der Waals surface area contributed by atoms with Crippen molar-refractivity contribution in [3.05, 3.63) is 28.8 Å². The predicted octanol–water partition coefficient (Wildman–Crippen LogP) is 0.680. The molecule has 1 unspecified atom stereocenters. The van der Waals surface area contributed by atoms with Crippen molar-refractivity contribution in [1.82, 2.24) is 10.6 Å². The summed E-state index contributed by atoms with van der Waals surface area (Å²) in [6, 6.07) is 3.05. The normalized spacial score (nSPS) is 19.0. The van der Waals surface area contributed by atoms with Crippen molar-refractivity contribution in [2.24, 2.45) is 11.1 Å². The highest BCUT2D eigenvalue weighted by molar-refractivity contribution is 7.89. The Morgan fingerprint density at radius 1 is 1.41 bits per heavy atom. The number of hydrogen-bond donors (Lipinski definition) is 3. The van der Waals surface area contributed by atoms with E-state index in [1.165, 1.54) is 6.07 Å². The van der Waals surface area contributed by atoms with E-state index in [9.17, 15) is 13.2 Å². The fourth-order valence-corrected chi connectivity index (χ4v) is 3.57. The maximum Gasteiger partial charge on any atom is 0.251 e. The van der Waals surface area contributed by atoms with Gasteiger partial charge in [0.1, 0.15) is 0 Å². The molecule has 7 heteroatoms. The summed E-state index contributed by atoms with van der Waals surface area (Å²) in [5.74, 6) is 0.153. The van der Waals surface area contributed by atoms with Gasteiger partial charge in [-0.15, -0.1) is 0 Å². The Morgan fingerprint density at radius 2 is 2.14 bits per heavy atom. The minimum atomic E-state index is -3.84. The molecule has 1 saturated heterocycles. The van der Waals surface area contributed by atoms with Crippen LogP contribution in [-0.4, -0.2) is 34.0 Å². The molecule has 1 fully saturated rings. The molecule has 2 rings (SSSR count). The van der Waals surface area contributed by atoms with Crippen LogP contribution in [0, 0.1) is 19.8 Å². The summed E-state index contributed by atoms with van der Waals surface area (Å²) in [5.41, 5.74) is 1.64. The molecular weight excluding hydrogens is 302 g/mol. The lowest BCUT2D eigenvalue weighted by Crippen LogP contribution is -2.38. The molecule has 0 saturated carbocycles. The third-order valence-corrected chi connectivity index (χ3v) is 5.18. The van der Waals surface area contributed by atoms with E-state index in [2.05, 4.69) is 10.6 Å². The summed E-state index contributed by atoms with van der Waals surface area (Å²) in [5, 5.41) is 11.4. The summed E-state index contributed by atoms with van der Waals surface area (Å²) in [4.78, 5) is 12.3. The lowest BCUT2D eigenvalue weighted by atomic mass is 9.99. The van der Waals surface area contributed by atoms with Crippen LogP contribution >= 0.6 is 0 Å². The van der Waals surface area contributed by atoms with Crippen molar-refractivity contribution in [3.8, 4) is 0 Å². The molecule has 1 aliphatic rings. The van der Waals surface area contributed by atoms with Gasteiger partial charge in [-0.1, -0.05) is 0 Å². The zero-order valence-corrected chi connectivity index (χ0v) is 13.8. The molecular formula is C15H23N3O3S. The quantitative estimate of drug-likeness (QED) is 0.757. The van der Waals surface area contributed by atoms with Crippen LogP contribution in [-0.2, 0) is 10.0 Å². The van der Waals surface area contributed by atoms with E-state index in [4.69, 9.17) is 5.14 Å². The largest absolute Gasteiger partial charge is 0.352 e. The van der Waals surface area contributed by atoms with Gasteiger partial charge in [-0.3, -0.25) is 4.79 Å². The molecule has 0 bridgehead atoms. The number of sulfonamides is 1. The minimum absolute atomic E-state index is 0.0111. The summed E-state index contributed by atoms with van der Waals surface area (Å²) in [7, 11) is -3.84. The molecule has 0 aromatic heterocycles. The van der Waals surface area contributed by atoms with Gasteiger partial charge in [-0.25, -0.2) is 13.6 Å². The molecule has 6 nitrogen and oxygen atoms in total. The average Bonchev–Trinajstić information content (AvgIpc) is 2.47. The second-order valence-electron chi connectivity index (χ2n) is 5.88. The zero-order chi connectivity index (χ0) is 16.3. The lowest BCUT2D eigenvalue weighted by molar-refractivity contribution is 0.0944. The number of nitrogens with one attached hydrogen (secondary N) is 2. The van der Waals surface area contributed by atoms with E-state index >= 15 is 0 Å². The number of carbonyl (C=O) groups excluding carboxylic acids is 1. The number of carbonyl (C=O) groups is 1. The molecule has 1 atom stereocenters. The highest BCUT2D eigenvalue weighted by atomic mass is 32.2. The molecule has 4 N–H and O–H groups in total. The van der Waals surface area contributed by atoms with Crippen LogP contribution in [0.15, 0.2) is 17.0 Å². The van der Waals surface area contributed by atoms with Crippen molar-refractivity contribution < 1.29 is 13.2 Å². The molecule has 1 aliphatic heterocycles. The summed E-state index contributed by atoms with van der Waals surface area (Å²) in [6.45, 7) is 5.97. The van der Waals surface area contributed by atoms with Gasteiger partial charge in [0.05, 0.1) is 4.90 Å². The first kappa shape index (κ1) is 16.9. The molecule has 0 spiro atoms. The van der Waals surface area contributed by atoms with Crippen molar-refractivity contribution in [2.45, 2.75) is 31.6 Å². The van der Waals surface area contributed by atoms with Crippen molar-refractivity contribution in [3.63, 3.8) is 0 Å². The number of rotatable bonds is 4. The number of nitrogens with two attached hydrogens (primary N) is 1. The molecule has 1 heterocycles. The SMILES string of the molecule is Cc1cc(C(=O)NCC2CCCNC2)cc(S(N)(=O)=O)c1C. The zero-order valence-electron chi connectivity index (χ0n) is 13.0. The van der Waals surface area contributed by atoms with Gasteiger partial charge in [0, 0.05) is 12.1 Å². The standard InChI is InChI=1S/C15H23N3O3S/c1-10-6-13(7-14(11(10)2)22(16,20)21)15(19)18-9-12-4-3-5-17-8-12/h6-7,12,17H,3-5,8-9H2,1-2H3,(H,18,19)(H2,16,20,21). The van der Waals surface area contributed by atoms with Gasteiger partial charge in [0.15, 0.2) is 0 Å². The first-order valence-corrected chi connectivity index (χ1v) is 8.96. The van der Waals surface area contributed by atoms with Crippen LogP contribution in [0.4, 0.5) is 0 Å². The van der Waals surface area contributed by atoms with Gasteiger partial charge < -0.3 is 10.6 Å². The first-order valence-electron chi connectivity index (χ1n) is 7.42. The summed E-state index contributed by atoms with van der Waals surface area (Å²) in [6.07, 6.45) is 2.20. The van der Waals surface area contributed by atoms with Crippen molar-refractivity contribution in [2.75, 3.05) is 19.6 Å². The van der Waals surface area contributed by atoms with Gasteiger partial charge >= 0.3 is 0 Å². The highest BCUT2D eigenvalue weighted by Crippen LogP contribution is 2.20. The van der Waals surface area contributed by atoms with E-state index in [0.717, 1.165) is 31.5 Å². The van der Waals surface area contributed by atoms with Crippen molar-refractivity contribution in [1.29, 1.82) is 0 Å². The van der Waals surface area contributed by atoms with Gasteiger partial charge in [0.2, 0.25) is 10.0 Å². The molecule has 22 heavy (non-hydrogen) atoms. The smallest absolute Gasteiger partial charge is 0.251 e. The molecule has 1 aromatic rings. The maximum atomic E-state index is 12.3. The fraction of sp³-hybridized carbons (Fsp3) is 0.533. The predicted molar refractivity (Wildman–Crippen MR) is 85.2 cm³/mol. The second-order valence-corrected chi connectivity index (χ2v) is 7.41. The maximum absolute atomic E-state index is 12.3. The monoisotopic (exact) mass is 325 g/mol. The van der Waals surface area contributed by atoms with Gasteiger partial charge in [0.25, 0.3) is 5.91 Å². The van der Waals surface area contributed by atoms with Crippen LogP contribution in [0.5, 0.6) is 0 Å². The van der Waals surface area contributed by atoms with E-state index in [1.54, 1.807) is 19.9 Å². The summed E-state index contributed by atoms with van der Waals surface area (Å²) >= 11 is 0. The number of piperidine rings is 1. The van der Waals surface area contributed by atoms with Crippen LogP contribution in [0.1, 0.15) is 34.3 Å².